The number of hydrogen-bond donors (Lipinski definition) is 0. The molecule has 10 rings (SSSR count). The third kappa shape index (κ3) is 8.21. The number of benzene rings is 6. The van der Waals surface area contributed by atoms with E-state index in [4.69, 9.17) is 23.0 Å². The third-order valence-electron chi connectivity index (χ3n) is 12.6. The van der Waals surface area contributed by atoms with Crippen molar-refractivity contribution in [2.75, 3.05) is 4.81 Å². The van der Waals surface area contributed by atoms with Crippen molar-refractivity contribution in [2.45, 2.75) is 91.8 Å². The van der Waals surface area contributed by atoms with Gasteiger partial charge in [-0.15, -0.1) is 0 Å². The van der Waals surface area contributed by atoms with Crippen molar-refractivity contribution in [2.24, 2.45) is 0 Å². The summed E-state index contributed by atoms with van der Waals surface area (Å²) in [6.07, 6.45) is 2.61. The van der Waals surface area contributed by atoms with Crippen LogP contribution in [0.2, 0.25) is 6.32 Å². The van der Waals surface area contributed by atoms with Crippen molar-refractivity contribution in [3.8, 4) is 56.4 Å². The summed E-state index contributed by atoms with van der Waals surface area (Å²) in [5.74, 6) is 1.92. The fraction of sp³-hybridized carbons (Fsp3) is 0.237. The van der Waals surface area contributed by atoms with Crippen LogP contribution in [0.25, 0.3) is 55.9 Å². The monoisotopic (exact) mass is 1080 g/mol. The third-order valence-corrected chi connectivity index (χ3v) is 13.6. The average molecular weight is 1080 g/mol. The number of aromatic nitrogens is 5. The zero-order valence-corrected chi connectivity index (χ0v) is 42.3. The van der Waals surface area contributed by atoms with Gasteiger partial charge in [-0.25, -0.2) is 0 Å². The first-order valence-corrected chi connectivity index (χ1v) is 24.1. The normalized spacial score (nSPS) is 15.0. The zero-order valence-electron chi connectivity index (χ0n) is 50.0. The number of anilines is 2. The molecule has 68 heavy (non-hydrogen) atoms. The molecular formula is C59H59BN6OPt. The Kier molecular flexibility index (Phi) is 8.80. The second-order valence-corrected chi connectivity index (χ2v) is 21.4. The van der Waals surface area contributed by atoms with Crippen LogP contribution in [0.4, 0.5) is 11.5 Å². The van der Waals surface area contributed by atoms with Crippen LogP contribution in [0, 0.1) is 3.80 Å². The van der Waals surface area contributed by atoms with E-state index >= 15 is 0 Å². The average Bonchev–Trinajstić information content (AvgIpc) is 4.18. The van der Waals surface area contributed by atoms with Crippen LogP contribution >= 0.6 is 0 Å². The number of hydrogen-bond acceptors (Lipinski definition) is 4. The molecule has 4 heterocycles. The maximum atomic E-state index is 9.33. The van der Waals surface area contributed by atoms with Crippen LogP contribution in [0.3, 0.4) is 0 Å². The zero-order chi connectivity index (χ0) is 56.4. The van der Waals surface area contributed by atoms with Gasteiger partial charge >= 0.3 is 341 Å². The van der Waals surface area contributed by atoms with Gasteiger partial charge in [-0.2, -0.15) is 5.10 Å². The van der Waals surface area contributed by atoms with Crippen molar-refractivity contribution >= 4 is 29.5 Å². The van der Waals surface area contributed by atoms with Crippen molar-refractivity contribution in [3.05, 3.63) is 184 Å². The fourth-order valence-corrected chi connectivity index (χ4v) is 10.0. The molecule has 7 nitrogen and oxygen atoms in total. The molecule has 0 N–H and O–H groups in total. The Balaban J connectivity index is 1.19. The van der Waals surface area contributed by atoms with Gasteiger partial charge < -0.3 is 0 Å². The number of nitrogens with zero attached hydrogens (tertiary/aromatic N) is 6. The van der Waals surface area contributed by atoms with Gasteiger partial charge in [0.25, 0.3) is 0 Å². The predicted octanol–water partition coefficient (Wildman–Crippen LogP) is 15.3. The predicted molar refractivity (Wildman–Crippen MR) is 279 cm³/mol. The second kappa shape index (κ2) is 17.2. The Labute approximate surface area is 426 Å². The molecule has 0 fully saturated rings. The van der Waals surface area contributed by atoms with E-state index in [1.54, 1.807) is 12.1 Å². The molecule has 3 aromatic heterocycles. The van der Waals surface area contributed by atoms with Crippen molar-refractivity contribution in [1.29, 1.82) is 0 Å². The van der Waals surface area contributed by atoms with Gasteiger partial charge in [0.15, 0.2) is 0 Å². The molecule has 0 aliphatic carbocycles. The van der Waals surface area contributed by atoms with Gasteiger partial charge in [-0.1, -0.05) is 48.5 Å². The molecule has 0 atom stereocenters. The molecule has 1 aliphatic heterocycles. The molecule has 0 bridgehead atoms. The summed E-state index contributed by atoms with van der Waals surface area (Å²) in [7, 11) is 0. The molecule has 0 spiro atoms. The molecular weight excluding hydrogens is 1010 g/mol. The topological polar surface area (TPSA) is 53.0 Å². The molecule has 0 saturated heterocycles. The van der Waals surface area contributed by atoms with Crippen LogP contribution in [0.15, 0.2) is 164 Å². The summed E-state index contributed by atoms with van der Waals surface area (Å²) in [5.41, 5.74) is 7.30. The fourth-order valence-electron chi connectivity index (χ4n) is 8.95. The van der Waals surface area contributed by atoms with E-state index in [1.165, 1.54) is 0 Å². The SMILES string of the molecule is [2H]c1c([2H])c([2H])c(-c2cc(C(C)(C)C)cc(-c3c([2H])c([2H])c([2H])c([2H])c3[2H])c2-n2[c](=[Pt])n(-c3cccc(Oc4ccc5c(c4)N(c4cc(C(C)(C)C)ccn4)B(CC)n4nc(C(C)(C)C)cc4-5)c3)c3ccccc32)c([2H])c1[2H]. The van der Waals surface area contributed by atoms with Crippen LogP contribution in [0.1, 0.15) is 99.8 Å². The first kappa shape index (κ1) is 34.7. The number of imidazole rings is 1. The minimum absolute atomic E-state index is 0.0998. The van der Waals surface area contributed by atoms with Crippen molar-refractivity contribution < 1.29 is 37.8 Å². The standard InChI is InChI=1S/C59H59BN6O.Pt/c1-11-60-65(55-35-42(31-32-61-55)57(2,3)4)52-37-46(29-30-47(52)53-38-54(59(8,9)10)62-66(53)60)67-45-26-20-25-44(36-45)63-39-64(51-28-19-18-27-50(51)63)56-48(40-21-14-12-15-22-40)33-43(58(5,6)7)34-49(56)41-23-16-13-17-24-41;/h12-38H,11H2,1-10H3;/i12D,13D,14D,15D,16D,17D,21D,22D,23D,24D;. The molecule has 0 saturated carbocycles. The molecule has 9 heteroatoms. The summed E-state index contributed by atoms with van der Waals surface area (Å²) >= 11 is 2.20. The quantitative estimate of drug-likeness (QED) is 0.142. The van der Waals surface area contributed by atoms with Gasteiger partial charge in [0.2, 0.25) is 0 Å². The molecule has 344 valence electrons. The number of pyridine rings is 1. The van der Waals surface area contributed by atoms with Crippen LogP contribution in [-0.2, 0) is 35.6 Å². The van der Waals surface area contributed by atoms with E-state index in [9.17, 15) is 5.48 Å². The Morgan fingerprint density at radius 1 is 0.618 bits per heavy atom. The number of rotatable bonds is 8. The maximum absolute atomic E-state index is 9.33. The Morgan fingerprint density at radius 2 is 1.24 bits per heavy atom. The van der Waals surface area contributed by atoms with Gasteiger partial charge in [-0.05, 0) is 17.0 Å². The summed E-state index contributed by atoms with van der Waals surface area (Å²) in [4.78, 5) is 7.23. The van der Waals surface area contributed by atoms with E-state index in [-0.39, 0.29) is 45.8 Å². The summed E-state index contributed by atoms with van der Waals surface area (Å²) < 4.78 is 103. The van der Waals surface area contributed by atoms with Gasteiger partial charge in [0, 0.05) is 11.6 Å². The van der Waals surface area contributed by atoms with Crippen LogP contribution in [-0.4, -0.2) is 30.8 Å². The molecule has 0 amide bonds. The molecule has 1 aliphatic rings. The Hall–Kier alpha value is -6.50. The summed E-state index contributed by atoms with van der Waals surface area (Å²) in [5, 5.41) is 5.22. The van der Waals surface area contributed by atoms with Crippen molar-refractivity contribution in [3.63, 3.8) is 0 Å². The van der Waals surface area contributed by atoms with Crippen molar-refractivity contribution in [1.82, 2.24) is 23.8 Å². The van der Waals surface area contributed by atoms with Crippen LogP contribution < -0.4 is 9.55 Å². The summed E-state index contributed by atoms with van der Waals surface area (Å²) in [6, 6.07) is 26.3. The first-order chi connectivity index (χ1) is 36.6. The number of fused-ring (bicyclic) bond motifs is 4. The second-order valence-electron chi connectivity index (χ2n) is 20.4. The van der Waals surface area contributed by atoms with E-state index in [0.717, 1.165) is 40.3 Å². The number of ether oxygens (including phenoxy) is 1. The van der Waals surface area contributed by atoms with E-state index in [0.29, 0.717) is 37.6 Å². The van der Waals surface area contributed by atoms with Crippen LogP contribution in [0.5, 0.6) is 11.5 Å². The van der Waals surface area contributed by atoms with Gasteiger partial charge in [0.1, 0.15) is 0 Å². The van der Waals surface area contributed by atoms with E-state index in [1.807, 2.05) is 90.7 Å². The molecule has 9 aromatic rings. The van der Waals surface area contributed by atoms with E-state index < -0.39 is 65.8 Å². The Morgan fingerprint density at radius 3 is 1.84 bits per heavy atom. The van der Waals surface area contributed by atoms with Gasteiger partial charge in [-0.3, -0.25) is 0 Å². The summed E-state index contributed by atoms with van der Waals surface area (Å²) in [6.45, 7) is 21.0. The molecule has 6 aromatic carbocycles. The Bertz CT molecular complexity index is 3870. The number of para-hydroxylation sites is 2. The minimum atomic E-state index is -0.629. The van der Waals surface area contributed by atoms with E-state index in [2.05, 4.69) is 108 Å². The first-order valence-electron chi connectivity index (χ1n) is 27.9. The molecule has 0 unspecified atom stereocenters. The van der Waals surface area contributed by atoms with Gasteiger partial charge in [0.05, 0.1) is 5.69 Å². The molecule has 0 radical (unpaired) electrons.